The van der Waals surface area contributed by atoms with Crippen molar-refractivity contribution in [2.24, 2.45) is 10.4 Å². The number of hydrogen-bond acceptors (Lipinski definition) is 4. The molecule has 0 saturated heterocycles. The van der Waals surface area contributed by atoms with E-state index in [9.17, 15) is 12.8 Å². The molecule has 0 amide bonds. The molecule has 0 aromatic heterocycles. The van der Waals surface area contributed by atoms with Crippen molar-refractivity contribution in [2.45, 2.75) is 70.4 Å². The molecule has 1 spiro atoms. The van der Waals surface area contributed by atoms with Gasteiger partial charge in [0.05, 0.1) is 18.4 Å². The highest BCUT2D eigenvalue weighted by Crippen LogP contribution is 2.54. The monoisotopic (exact) mass is 439 g/mol. The molecule has 30 heavy (non-hydrogen) atoms. The van der Waals surface area contributed by atoms with Gasteiger partial charge in [0.25, 0.3) is 0 Å². The van der Waals surface area contributed by atoms with Crippen LogP contribution in [0.4, 0.5) is 4.39 Å². The highest BCUT2D eigenvalue weighted by Gasteiger charge is 2.56. The summed E-state index contributed by atoms with van der Waals surface area (Å²) in [5.74, 6) is 0.168. The van der Waals surface area contributed by atoms with Crippen molar-refractivity contribution in [1.29, 1.82) is 0 Å². The Morgan fingerprint density at radius 2 is 2.00 bits per heavy atom. The van der Waals surface area contributed by atoms with Crippen LogP contribution in [0.25, 0.3) is 0 Å². The number of ether oxygens (including phenoxy) is 1. The molecule has 0 aliphatic heterocycles. The van der Waals surface area contributed by atoms with Crippen LogP contribution in [-0.2, 0) is 26.9 Å². The van der Waals surface area contributed by atoms with Crippen LogP contribution in [-0.4, -0.2) is 45.9 Å². The van der Waals surface area contributed by atoms with Gasteiger partial charge in [-0.15, -0.1) is 0 Å². The summed E-state index contributed by atoms with van der Waals surface area (Å²) in [4.78, 5) is 4.66. The number of nitrogens with one attached hydrogen (secondary N) is 2. The fraction of sp³-hybridized carbons (Fsp3) is 0.682. The number of nitrogens with zero attached hydrogens (tertiary/aromatic N) is 1. The molecule has 2 aliphatic carbocycles. The van der Waals surface area contributed by atoms with Crippen LogP contribution in [0.3, 0.4) is 0 Å². The van der Waals surface area contributed by atoms with Crippen LogP contribution in [0.15, 0.2) is 23.2 Å². The van der Waals surface area contributed by atoms with Crippen LogP contribution in [0.1, 0.15) is 57.1 Å². The van der Waals surface area contributed by atoms with Crippen molar-refractivity contribution in [3.8, 4) is 0 Å². The standard InChI is InChI=1S/C22H34FN3O3S/c1-4-24-21(26-19-13-20(29-5-2)22(19)10-6-7-11-22)25-14-17-12-18(23)9-8-16(17)15-30(3,27)28/h8-9,12,19-20H,4-7,10-11,13-15H2,1-3H3,(H2,24,25,26). The van der Waals surface area contributed by atoms with E-state index in [1.165, 1.54) is 37.3 Å². The summed E-state index contributed by atoms with van der Waals surface area (Å²) in [6, 6.07) is 4.51. The highest BCUT2D eigenvalue weighted by atomic mass is 32.2. The van der Waals surface area contributed by atoms with Crippen LogP contribution in [0.5, 0.6) is 0 Å². The second-order valence-electron chi connectivity index (χ2n) is 8.50. The van der Waals surface area contributed by atoms with Crippen molar-refractivity contribution < 1.29 is 17.5 Å². The molecule has 3 rings (SSSR count). The summed E-state index contributed by atoms with van der Waals surface area (Å²) < 4.78 is 43.3. The minimum Gasteiger partial charge on any atom is -0.378 e. The summed E-state index contributed by atoms with van der Waals surface area (Å²) in [6.45, 7) is 5.70. The zero-order valence-electron chi connectivity index (χ0n) is 18.2. The fourth-order valence-electron chi connectivity index (χ4n) is 4.90. The molecule has 2 atom stereocenters. The van der Waals surface area contributed by atoms with E-state index in [4.69, 9.17) is 4.74 Å². The first-order chi connectivity index (χ1) is 14.3. The molecule has 2 fully saturated rings. The van der Waals surface area contributed by atoms with Crippen molar-refractivity contribution in [1.82, 2.24) is 10.6 Å². The minimum absolute atomic E-state index is 0.121. The van der Waals surface area contributed by atoms with E-state index in [2.05, 4.69) is 15.6 Å². The van der Waals surface area contributed by atoms with E-state index in [0.717, 1.165) is 25.9 Å². The lowest BCUT2D eigenvalue weighted by Gasteiger charge is -2.54. The Kier molecular flexibility index (Phi) is 7.39. The van der Waals surface area contributed by atoms with Crippen LogP contribution >= 0.6 is 0 Å². The fourth-order valence-corrected chi connectivity index (χ4v) is 5.75. The first kappa shape index (κ1) is 23.0. The zero-order valence-corrected chi connectivity index (χ0v) is 19.0. The molecule has 1 aromatic rings. The maximum absolute atomic E-state index is 13.8. The Balaban J connectivity index is 1.75. The van der Waals surface area contributed by atoms with Gasteiger partial charge in [-0.05, 0) is 56.4 Å². The SMILES string of the molecule is CCNC(=NCc1cc(F)ccc1CS(C)(=O)=O)NC1CC(OCC)C12CCCC2. The Bertz CT molecular complexity index is 866. The van der Waals surface area contributed by atoms with E-state index in [1.54, 1.807) is 0 Å². The summed E-state index contributed by atoms with van der Waals surface area (Å²) in [6.07, 6.45) is 7.23. The maximum atomic E-state index is 13.8. The molecule has 2 saturated carbocycles. The molecule has 1 aromatic carbocycles. The molecule has 0 radical (unpaired) electrons. The largest absolute Gasteiger partial charge is 0.378 e. The van der Waals surface area contributed by atoms with Crippen molar-refractivity contribution >= 4 is 15.8 Å². The van der Waals surface area contributed by atoms with Crippen molar-refractivity contribution in [3.05, 3.63) is 35.1 Å². The van der Waals surface area contributed by atoms with Crippen LogP contribution < -0.4 is 10.6 Å². The van der Waals surface area contributed by atoms with E-state index >= 15 is 0 Å². The molecule has 0 heterocycles. The molecule has 6 nitrogen and oxygen atoms in total. The number of aliphatic imine (C=N–C) groups is 1. The molecule has 0 bridgehead atoms. The van der Waals surface area contributed by atoms with Gasteiger partial charge >= 0.3 is 0 Å². The predicted octanol–water partition coefficient (Wildman–Crippen LogP) is 3.16. The Labute approximate surface area is 179 Å². The van der Waals surface area contributed by atoms with Crippen LogP contribution in [0.2, 0.25) is 0 Å². The maximum Gasteiger partial charge on any atom is 0.191 e. The highest BCUT2D eigenvalue weighted by molar-refractivity contribution is 7.89. The smallest absolute Gasteiger partial charge is 0.191 e. The lowest BCUT2D eigenvalue weighted by Crippen LogP contribution is -2.65. The minimum atomic E-state index is -3.22. The van der Waals surface area contributed by atoms with Gasteiger partial charge < -0.3 is 15.4 Å². The van der Waals surface area contributed by atoms with E-state index in [0.29, 0.717) is 35.8 Å². The average Bonchev–Trinajstić information content (AvgIpc) is 3.19. The number of hydrogen-bond donors (Lipinski definition) is 2. The Morgan fingerprint density at radius 1 is 1.27 bits per heavy atom. The molecule has 2 aliphatic rings. The average molecular weight is 440 g/mol. The summed E-state index contributed by atoms with van der Waals surface area (Å²) in [5, 5.41) is 6.85. The van der Waals surface area contributed by atoms with E-state index in [1.807, 2.05) is 13.8 Å². The summed E-state index contributed by atoms with van der Waals surface area (Å²) in [5.41, 5.74) is 1.35. The number of sulfone groups is 1. The first-order valence-electron chi connectivity index (χ1n) is 10.9. The van der Waals surface area contributed by atoms with Crippen LogP contribution in [0, 0.1) is 11.2 Å². The third kappa shape index (κ3) is 5.32. The molecular weight excluding hydrogens is 405 g/mol. The Morgan fingerprint density at radius 3 is 2.63 bits per heavy atom. The lowest BCUT2D eigenvalue weighted by atomic mass is 9.60. The first-order valence-corrected chi connectivity index (χ1v) is 12.9. The van der Waals surface area contributed by atoms with Gasteiger partial charge in [-0.1, -0.05) is 18.9 Å². The molecule has 2 N–H and O–H groups in total. The van der Waals surface area contributed by atoms with Crippen molar-refractivity contribution in [2.75, 3.05) is 19.4 Å². The van der Waals surface area contributed by atoms with Gasteiger partial charge in [0.15, 0.2) is 15.8 Å². The third-order valence-corrected chi connectivity index (χ3v) is 7.17. The van der Waals surface area contributed by atoms with Gasteiger partial charge in [0.1, 0.15) is 5.82 Å². The lowest BCUT2D eigenvalue weighted by molar-refractivity contribution is -0.125. The third-order valence-electron chi connectivity index (χ3n) is 6.34. The van der Waals surface area contributed by atoms with Gasteiger partial charge in [0.2, 0.25) is 0 Å². The van der Waals surface area contributed by atoms with Crippen molar-refractivity contribution in [3.63, 3.8) is 0 Å². The second-order valence-corrected chi connectivity index (χ2v) is 10.6. The molecule has 8 heteroatoms. The predicted molar refractivity (Wildman–Crippen MR) is 118 cm³/mol. The number of benzene rings is 1. The van der Waals surface area contributed by atoms with Gasteiger partial charge in [-0.3, -0.25) is 0 Å². The van der Waals surface area contributed by atoms with Gasteiger partial charge in [-0.2, -0.15) is 0 Å². The number of rotatable bonds is 8. The number of halogens is 1. The van der Waals surface area contributed by atoms with E-state index in [-0.39, 0.29) is 23.5 Å². The van der Waals surface area contributed by atoms with Gasteiger partial charge in [-0.25, -0.2) is 17.8 Å². The topological polar surface area (TPSA) is 79.8 Å². The number of guanidine groups is 1. The molecular formula is C22H34FN3O3S. The quantitative estimate of drug-likeness (QED) is 0.480. The van der Waals surface area contributed by atoms with Gasteiger partial charge in [0, 0.05) is 30.9 Å². The zero-order chi connectivity index (χ0) is 21.8. The second kappa shape index (κ2) is 9.64. The Hall–Kier alpha value is -1.67. The molecule has 2 unspecified atom stereocenters. The summed E-state index contributed by atoms with van der Waals surface area (Å²) >= 11 is 0. The normalized spacial score (nSPS) is 23.4. The molecule has 168 valence electrons. The van der Waals surface area contributed by atoms with E-state index < -0.39 is 9.84 Å². The summed E-state index contributed by atoms with van der Waals surface area (Å²) in [7, 11) is -3.22.